The second-order valence-electron chi connectivity index (χ2n) is 9.10. The van der Waals surface area contributed by atoms with Gasteiger partial charge < -0.3 is 9.47 Å². The topological polar surface area (TPSA) is 88.2 Å². The van der Waals surface area contributed by atoms with E-state index in [1.165, 1.54) is 22.0 Å². The Labute approximate surface area is 203 Å². The molecule has 0 bridgehead atoms. The zero-order valence-electron chi connectivity index (χ0n) is 20.1. The van der Waals surface area contributed by atoms with Crippen LogP contribution in [0.25, 0.3) is 28.1 Å². The number of carbonyl (C=O) groups is 1. The van der Waals surface area contributed by atoms with Crippen molar-refractivity contribution in [1.82, 2.24) is 19.1 Å². The second-order valence-corrected chi connectivity index (χ2v) is 9.10. The molecule has 0 radical (unpaired) electrons. The van der Waals surface area contributed by atoms with Gasteiger partial charge in [0.05, 0.1) is 24.2 Å². The Bertz CT molecular complexity index is 1430. The van der Waals surface area contributed by atoms with Crippen molar-refractivity contribution < 1.29 is 14.3 Å². The number of nitrogens with zero attached hydrogens (tertiary/aromatic N) is 4. The molecular formula is C27H28N4O4. The molecule has 5 rings (SSSR count). The summed E-state index contributed by atoms with van der Waals surface area (Å²) in [5, 5.41) is 0. The number of benzene rings is 2. The Hall–Kier alpha value is -3.94. The summed E-state index contributed by atoms with van der Waals surface area (Å²) in [6.07, 6.45) is 8.01. The van der Waals surface area contributed by atoms with Crippen molar-refractivity contribution >= 4 is 16.9 Å². The Kier molecular flexibility index (Phi) is 6.11. The third kappa shape index (κ3) is 4.20. The van der Waals surface area contributed by atoms with E-state index in [2.05, 4.69) is 9.97 Å². The zero-order valence-corrected chi connectivity index (χ0v) is 20.1. The average molecular weight is 473 g/mol. The number of aromatic nitrogens is 4. The fourth-order valence-corrected chi connectivity index (χ4v) is 4.53. The Morgan fingerprint density at radius 1 is 0.971 bits per heavy atom. The zero-order chi connectivity index (χ0) is 24.5. The predicted octanol–water partition coefficient (Wildman–Crippen LogP) is 4.88. The lowest BCUT2D eigenvalue weighted by atomic mass is 10.1. The lowest BCUT2D eigenvalue weighted by molar-refractivity contribution is 0.0855. The highest BCUT2D eigenvalue weighted by Gasteiger charge is 2.23. The van der Waals surface area contributed by atoms with Crippen molar-refractivity contribution in [3.8, 4) is 28.6 Å². The third-order valence-corrected chi connectivity index (χ3v) is 6.39. The van der Waals surface area contributed by atoms with Crippen molar-refractivity contribution in [2.75, 3.05) is 7.11 Å². The quantitative estimate of drug-likeness (QED) is 0.398. The molecule has 0 aliphatic heterocycles. The number of fused-ring (bicyclic) bond motifs is 1. The molecule has 0 unspecified atom stereocenters. The standard InChI is InChI=1S/C27H28N4O4/c1-17(2)25(32)30-21-10-6-7-11-22(21)31(27(30)33)26-28-15-19(16-29-26)18-12-13-23(34-3)24(14-18)35-20-8-4-5-9-20/h6-7,10-17,20H,4-5,8-9H2,1-3H3. The smallest absolute Gasteiger partial charge is 0.343 e. The van der Waals surface area contributed by atoms with Crippen LogP contribution in [0.3, 0.4) is 0 Å². The van der Waals surface area contributed by atoms with E-state index in [-0.39, 0.29) is 23.9 Å². The van der Waals surface area contributed by atoms with Crippen molar-refractivity contribution in [3.05, 3.63) is 65.3 Å². The number of methoxy groups -OCH3 is 1. The fourth-order valence-electron chi connectivity index (χ4n) is 4.53. The molecular weight excluding hydrogens is 444 g/mol. The van der Waals surface area contributed by atoms with Crippen molar-refractivity contribution in [2.45, 2.75) is 45.6 Å². The highest BCUT2D eigenvalue weighted by atomic mass is 16.5. The van der Waals surface area contributed by atoms with Crippen LogP contribution in [-0.4, -0.2) is 38.2 Å². The van der Waals surface area contributed by atoms with Gasteiger partial charge in [-0.25, -0.2) is 23.9 Å². The van der Waals surface area contributed by atoms with Crippen LogP contribution in [-0.2, 0) is 0 Å². The molecule has 0 atom stereocenters. The maximum absolute atomic E-state index is 13.3. The molecule has 1 aliphatic rings. The van der Waals surface area contributed by atoms with Gasteiger partial charge in [0.15, 0.2) is 11.5 Å². The molecule has 35 heavy (non-hydrogen) atoms. The first-order chi connectivity index (χ1) is 17.0. The molecule has 2 aromatic heterocycles. The van der Waals surface area contributed by atoms with Crippen LogP contribution in [0.15, 0.2) is 59.7 Å². The van der Waals surface area contributed by atoms with Gasteiger partial charge in [0.1, 0.15) is 0 Å². The maximum Gasteiger partial charge on any atom is 0.343 e. The summed E-state index contributed by atoms with van der Waals surface area (Å²) in [7, 11) is 1.63. The minimum absolute atomic E-state index is 0.204. The van der Waals surface area contributed by atoms with E-state index in [1.807, 2.05) is 24.3 Å². The largest absolute Gasteiger partial charge is 0.493 e. The molecule has 4 aromatic rings. The normalized spacial score (nSPS) is 14.1. The van der Waals surface area contributed by atoms with Gasteiger partial charge >= 0.3 is 5.69 Å². The van der Waals surface area contributed by atoms with Gasteiger partial charge in [-0.05, 0) is 55.5 Å². The van der Waals surface area contributed by atoms with Crippen LogP contribution in [0.4, 0.5) is 0 Å². The monoisotopic (exact) mass is 472 g/mol. The van der Waals surface area contributed by atoms with Gasteiger partial charge in [0.25, 0.3) is 0 Å². The summed E-state index contributed by atoms with van der Waals surface area (Å²) >= 11 is 0. The minimum atomic E-state index is -0.477. The Morgan fingerprint density at radius 3 is 2.31 bits per heavy atom. The summed E-state index contributed by atoms with van der Waals surface area (Å²) in [5.41, 5.74) is 2.30. The first-order valence-electron chi connectivity index (χ1n) is 11.9. The highest BCUT2D eigenvalue weighted by Crippen LogP contribution is 2.35. The molecule has 0 N–H and O–H groups in total. The molecule has 180 valence electrons. The number of rotatable bonds is 6. The molecule has 8 nitrogen and oxygen atoms in total. The lowest BCUT2D eigenvalue weighted by Crippen LogP contribution is -2.31. The Morgan fingerprint density at radius 2 is 1.66 bits per heavy atom. The van der Waals surface area contributed by atoms with E-state index in [1.54, 1.807) is 51.6 Å². The SMILES string of the molecule is COc1ccc(-c2cnc(-n3c(=O)n(C(=O)C(C)C)c4ccccc43)nc2)cc1OC1CCCC1. The number of hydrogen-bond acceptors (Lipinski definition) is 6. The van der Waals surface area contributed by atoms with Crippen molar-refractivity contribution in [1.29, 1.82) is 0 Å². The van der Waals surface area contributed by atoms with Crippen LogP contribution < -0.4 is 15.2 Å². The van der Waals surface area contributed by atoms with E-state index in [0.29, 0.717) is 22.5 Å². The molecule has 1 saturated carbocycles. The summed E-state index contributed by atoms with van der Waals surface area (Å²) in [6, 6.07) is 12.9. The minimum Gasteiger partial charge on any atom is -0.493 e. The summed E-state index contributed by atoms with van der Waals surface area (Å²) in [6.45, 7) is 3.54. The van der Waals surface area contributed by atoms with E-state index < -0.39 is 5.69 Å². The number of hydrogen-bond donors (Lipinski definition) is 0. The first-order valence-corrected chi connectivity index (χ1v) is 11.9. The third-order valence-electron chi connectivity index (χ3n) is 6.39. The highest BCUT2D eigenvalue weighted by molar-refractivity contribution is 5.92. The lowest BCUT2D eigenvalue weighted by Gasteiger charge is -2.17. The number of imidazole rings is 1. The van der Waals surface area contributed by atoms with Gasteiger partial charge in [-0.15, -0.1) is 0 Å². The van der Waals surface area contributed by atoms with Gasteiger partial charge in [-0.2, -0.15) is 0 Å². The molecule has 2 heterocycles. The van der Waals surface area contributed by atoms with Crippen LogP contribution in [0.2, 0.25) is 0 Å². The molecule has 2 aromatic carbocycles. The van der Waals surface area contributed by atoms with Crippen molar-refractivity contribution in [3.63, 3.8) is 0 Å². The average Bonchev–Trinajstić information content (AvgIpc) is 3.48. The number of para-hydroxylation sites is 2. The molecule has 8 heteroatoms. The van der Waals surface area contributed by atoms with Gasteiger partial charge in [0.2, 0.25) is 11.9 Å². The molecule has 1 aliphatic carbocycles. The number of carbonyl (C=O) groups excluding carboxylic acids is 1. The van der Waals surface area contributed by atoms with Gasteiger partial charge in [-0.3, -0.25) is 4.79 Å². The molecule has 1 fully saturated rings. The number of ether oxygens (including phenoxy) is 2. The van der Waals surface area contributed by atoms with Crippen LogP contribution in [0.5, 0.6) is 11.5 Å². The van der Waals surface area contributed by atoms with Crippen LogP contribution in [0, 0.1) is 5.92 Å². The maximum atomic E-state index is 13.3. The van der Waals surface area contributed by atoms with Crippen LogP contribution >= 0.6 is 0 Å². The summed E-state index contributed by atoms with van der Waals surface area (Å²) in [4.78, 5) is 35.0. The predicted molar refractivity (Wildman–Crippen MR) is 133 cm³/mol. The van der Waals surface area contributed by atoms with Gasteiger partial charge in [0, 0.05) is 23.9 Å². The summed E-state index contributed by atoms with van der Waals surface area (Å²) in [5.74, 6) is 1.00. The van der Waals surface area contributed by atoms with Crippen LogP contribution in [0.1, 0.15) is 44.3 Å². The fraction of sp³-hybridized carbons (Fsp3) is 0.333. The van der Waals surface area contributed by atoms with E-state index in [9.17, 15) is 9.59 Å². The molecule has 0 spiro atoms. The molecule has 0 amide bonds. The van der Waals surface area contributed by atoms with Gasteiger partial charge in [-0.1, -0.05) is 32.0 Å². The first kappa shape index (κ1) is 22.8. The molecule has 0 saturated heterocycles. The van der Waals surface area contributed by atoms with E-state index in [4.69, 9.17) is 9.47 Å². The Balaban J connectivity index is 1.52. The van der Waals surface area contributed by atoms with E-state index >= 15 is 0 Å². The second kappa shape index (κ2) is 9.37. The van der Waals surface area contributed by atoms with E-state index in [0.717, 1.165) is 24.0 Å². The van der Waals surface area contributed by atoms with Crippen molar-refractivity contribution in [2.24, 2.45) is 5.92 Å². The summed E-state index contributed by atoms with van der Waals surface area (Å²) < 4.78 is 14.3.